The highest BCUT2D eigenvalue weighted by molar-refractivity contribution is 5.26. The molecule has 0 aliphatic rings. The molecule has 1 rings (SSSR count). The molecule has 0 radical (unpaired) electrons. The van der Waals surface area contributed by atoms with Gasteiger partial charge in [0.25, 0.3) is 0 Å². The van der Waals surface area contributed by atoms with Gasteiger partial charge in [0.1, 0.15) is 5.82 Å². The van der Waals surface area contributed by atoms with E-state index in [1.807, 2.05) is 19.1 Å². The zero-order valence-electron chi connectivity index (χ0n) is 10.8. The third-order valence-electron chi connectivity index (χ3n) is 2.77. The maximum atomic E-state index is 13.2. The Morgan fingerprint density at radius 2 is 2.18 bits per heavy atom. The molecular weight excluding hydrogens is 213 g/mol. The van der Waals surface area contributed by atoms with Gasteiger partial charge in [0.05, 0.1) is 0 Å². The smallest absolute Gasteiger partial charge is 0.126 e. The van der Waals surface area contributed by atoms with Crippen LogP contribution in [0.4, 0.5) is 4.39 Å². The van der Waals surface area contributed by atoms with Gasteiger partial charge in [-0.25, -0.2) is 4.39 Å². The van der Waals surface area contributed by atoms with Crippen molar-refractivity contribution in [2.45, 2.75) is 39.7 Å². The number of nitrogens with one attached hydrogen (secondary N) is 1. The number of benzene rings is 1. The van der Waals surface area contributed by atoms with Crippen LogP contribution in [0, 0.1) is 24.6 Å². The molecule has 1 unspecified atom stereocenters. The minimum atomic E-state index is -0.141. The van der Waals surface area contributed by atoms with E-state index < -0.39 is 0 Å². The first-order valence-corrected chi connectivity index (χ1v) is 6.08. The maximum Gasteiger partial charge on any atom is 0.126 e. The fraction of sp³-hybridized carbons (Fsp3) is 0.467. The SMILES string of the molecule is CC#CCCC(NCC)c1ccc(F)c(C)c1. The monoisotopic (exact) mass is 233 g/mol. The molecule has 0 heterocycles. The van der Waals surface area contributed by atoms with Crippen LogP contribution in [0.5, 0.6) is 0 Å². The molecule has 2 heteroatoms. The summed E-state index contributed by atoms with van der Waals surface area (Å²) in [6.07, 6.45) is 1.82. The molecule has 0 bridgehead atoms. The van der Waals surface area contributed by atoms with Crippen molar-refractivity contribution in [3.05, 3.63) is 35.1 Å². The van der Waals surface area contributed by atoms with Crippen LogP contribution < -0.4 is 5.32 Å². The van der Waals surface area contributed by atoms with Gasteiger partial charge in [-0.2, -0.15) is 0 Å². The number of aryl methyl sites for hydroxylation is 1. The van der Waals surface area contributed by atoms with Crippen LogP contribution in [0.15, 0.2) is 18.2 Å². The second-order valence-electron chi connectivity index (χ2n) is 4.08. The number of hydrogen-bond donors (Lipinski definition) is 1. The molecule has 1 aromatic carbocycles. The molecule has 1 atom stereocenters. The zero-order chi connectivity index (χ0) is 12.7. The van der Waals surface area contributed by atoms with Crippen LogP contribution in [-0.4, -0.2) is 6.54 Å². The Morgan fingerprint density at radius 3 is 2.76 bits per heavy atom. The second-order valence-corrected chi connectivity index (χ2v) is 4.08. The zero-order valence-corrected chi connectivity index (χ0v) is 10.8. The number of rotatable bonds is 5. The van der Waals surface area contributed by atoms with Gasteiger partial charge in [-0.1, -0.05) is 19.1 Å². The summed E-state index contributed by atoms with van der Waals surface area (Å²) in [7, 11) is 0. The molecule has 0 fully saturated rings. The Morgan fingerprint density at radius 1 is 1.41 bits per heavy atom. The molecule has 92 valence electrons. The third-order valence-corrected chi connectivity index (χ3v) is 2.77. The van der Waals surface area contributed by atoms with Crippen LogP contribution in [0.1, 0.15) is 43.9 Å². The Labute approximate surface area is 103 Å². The summed E-state index contributed by atoms with van der Waals surface area (Å²) < 4.78 is 13.2. The van der Waals surface area contributed by atoms with Gasteiger partial charge in [0.15, 0.2) is 0 Å². The molecule has 17 heavy (non-hydrogen) atoms. The van der Waals surface area contributed by atoms with Gasteiger partial charge in [0, 0.05) is 12.5 Å². The van der Waals surface area contributed by atoms with E-state index in [0.29, 0.717) is 5.56 Å². The molecule has 0 aliphatic carbocycles. The Balaban J connectivity index is 2.79. The molecule has 0 amide bonds. The molecule has 1 nitrogen and oxygen atoms in total. The third kappa shape index (κ3) is 4.20. The van der Waals surface area contributed by atoms with Crippen LogP contribution in [0.3, 0.4) is 0 Å². The van der Waals surface area contributed by atoms with Gasteiger partial charge in [-0.15, -0.1) is 11.8 Å². The van der Waals surface area contributed by atoms with Gasteiger partial charge >= 0.3 is 0 Å². The van der Waals surface area contributed by atoms with Crippen LogP contribution in [-0.2, 0) is 0 Å². The quantitative estimate of drug-likeness (QED) is 0.766. The van der Waals surface area contributed by atoms with E-state index in [1.165, 1.54) is 0 Å². The van der Waals surface area contributed by atoms with Crippen molar-refractivity contribution < 1.29 is 4.39 Å². The van der Waals surface area contributed by atoms with Crippen molar-refractivity contribution in [1.29, 1.82) is 0 Å². The Bertz CT molecular complexity index is 415. The normalized spacial score (nSPS) is 11.8. The molecule has 0 saturated heterocycles. The predicted octanol–water partition coefficient (Wildman–Crippen LogP) is 3.59. The number of hydrogen-bond acceptors (Lipinski definition) is 1. The van der Waals surface area contributed by atoms with Crippen molar-refractivity contribution in [2.24, 2.45) is 0 Å². The highest BCUT2D eigenvalue weighted by Gasteiger charge is 2.10. The summed E-state index contributed by atoms with van der Waals surface area (Å²) in [5.74, 6) is 5.83. The first-order valence-electron chi connectivity index (χ1n) is 6.08. The second kappa shape index (κ2) is 7.09. The van der Waals surface area contributed by atoms with Crippen molar-refractivity contribution >= 4 is 0 Å². The maximum absolute atomic E-state index is 13.2. The minimum Gasteiger partial charge on any atom is -0.310 e. The lowest BCUT2D eigenvalue weighted by atomic mass is 10.00. The van der Waals surface area contributed by atoms with Crippen molar-refractivity contribution in [2.75, 3.05) is 6.54 Å². The molecule has 0 aliphatic heterocycles. The Kier molecular flexibility index (Phi) is 5.72. The van der Waals surface area contributed by atoms with Crippen LogP contribution in [0.2, 0.25) is 0 Å². The van der Waals surface area contributed by atoms with E-state index in [1.54, 1.807) is 13.0 Å². The first-order chi connectivity index (χ1) is 8.19. The topological polar surface area (TPSA) is 12.0 Å². The fourth-order valence-corrected chi connectivity index (χ4v) is 1.86. The molecule has 0 saturated carbocycles. The summed E-state index contributed by atoms with van der Waals surface area (Å²) in [4.78, 5) is 0. The summed E-state index contributed by atoms with van der Waals surface area (Å²) in [5, 5.41) is 3.41. The summed E-state index contributed by atoms with van der Waals surface area (Å²) in [5.41, 5.74) is 1.84. The van der Waals surface area contributed by atoms with Gasteiger partial charge < -0.3 is 5.32 Å². The molecule has 0 spiro atoms. The molecule has 0 aromatic heterocycles. The van der Waals surface area contributed by atoms with Crippen molar-refractivity contribution in [3.63, 3.8) is 0 Å². The minimum absolute atomic E-state index is 0.141. The van der Waals surface area contributed by atoms with Gasteiger partial charge in [-0.05, 0) is 44.0 Å². The van der Waals surface area contributed by atoms with Crippen LogP contribution >= 0.6 is 0 Å². The van der Waals surface area contributed by atoms with E-state index in [9.17, 15) is 4.39 Å². The number of halogens is 1. The summed E-state index contributed by atoms with van der Waals surface area (Å²) in [6.45, 7) is 6.63. The average Bonchev–Trinajstić information content (AvgIpc) is 2.32. The van der Waals surface area contributed by atoms with Crippen molar-refractivity contribution in [3.8, 4) is 11.8 Å². The lowest BCUT2D eigenvalue weighted by Crippen LogP contribution is -2.20. The molecule has 1 aromatic rings. The van der Waals surface area contributed by atoms with E-state index in [4.69, 9.17) is 0 Å². The standard InChI is InChI=1S/C15H20FN/c1-4-6-7-8-15(17-5-2)13-9-10-14(16)12(3)11-13/h9-11,15,17H,5,7-8H2,1-3H3. The van der Waals surface area contributed by atoms with Gasteiger partial charge in [-0.3, -0.25) is 0 Å². The van der Waals surface area contributed by atoms with E-state index in [0.717, 1.165) is 24.9 Å². The van der Waals surface area contributed by atoms with E-state index >= 15 is 0 Å². The fourth-order valence-electron chi connectivity index (χ4n) is 1.86. The predicted molar refractivity (Wildman–Crippen MR) is 70.2 cm³/mol. The highest BCUT2D eigenvalue weighted by Crippen LogP contribution is 2.20. The lowest BCUT2D eigenvalue weighted by molar-refractivity contribution is 0.520. The molecular formula is C15H20FN. The lowest BCUT2D eigenvalue weighted by Gasteiger charge is -2.18. The van der Waals surface area contributed by atoms with Crippen LogP contribution in [0.25, 0.3) is 0 Å². The average molecular weight is 233 g/mol. The summed E-state index contributed by atoms with van der Waals surface area (Å²) in [6, 6.07) is 5.58. The van der Waals surface area contributed by atoms with E-state index in [2.05, 4.69) is 24.1 Å². The van der Waals surface area contributed by atoms with Gasteiger partial charge in [0.2, 0.25) is 0 Å². The first kappa shape index (κ1) is 13.7. The molecule has 1 N–H and O–H groups in total. The Hall–Kier alpha value is -1.33. The van der Waals surface area contributed by atoms with E-state index in [-0.39, 0.29) is 11.9 Å². The summed E-state index contributed by atoms with van der Waals surface area (Å²) >= 11 is 0. The van der Waals surface area contributed by atoms with Crippen molar-refractivity contribution in [1.82, 2.24) is 5.32 Å². The largest absolute Gasteiger partial charge is 0.310 e. The highest BCUT2D eigenvalue weighted by atomic mass is 19.1.